The Morgan fingerprint density at radius 3 is 2.46 bits per heavy atom. The highest BCUT2D eigenvalue weighted by atomic mass is 127. The molecular formula is C15H33IN4O2S2. The van der Waals surface area contributed by atoms with E-state index in [4.69, 9.17) is 0 Å². The van der Waals surface area contributed by atoms with E-state index in [-0.39, 0.29) is 29.7 Å². The lowest BCUT2D eigenvalue weighted by molar-refractivity contribution is 0.443. The van der Waals surface area contributed by atoms with Crippen LogP contribution >= 0.6 is 35.7 Å². The number of hydrogen-bond donors (Lipinski definition) is 2. The SMILES string of the molecule is CCCCCCN=C(NCC)NCCS(=O)(=O)N1CCSCC1.I. The summed E-state index contributed by atoms with van der Waals surface area (Å²) >= 11 is 1.81. The molecule has 0 radical (unpaired) electrons. The van der Waals surface area contributed by atoms with Crippen LogP contribution in [0.2, 0.25) is 0 Å². The molecule has 1 rings (SSSR count). The third kappa shape index (κ3) is 10.3. The van der Waals surface area contributed by atoms with Gasteiger partial charge in [-0.3, -0.25) is 4.99 Å². The zero-order valence-corrected chi connectivity index (χ0v) is 18.9. The summed E-state index contributed by atoms with van der Waals surface area (Å²) in [5, 5.41) is 6.30. The summed E-state index contributed by atoms with van der Waals surface area (Å²) in [5.41, 5.74) is 0. The minimum absolute atomic E-state index is 0. The van der Waals surface area contributed by atoms with E-state index in [1.54, 1.807) is 4.31 Å². The van der Waals surface area contributed by atoms with Crippen LogP contribution in [0, 0.1) is 0 Å². The monoisotopic (exact) mass is 492 g/mol. The first-order valence-corrected chi connectivity index (χ1v) is 11.4. The Morgan fingerprint density at radius 1 is 1.12 bits per heavy atom. The summed E-state index contributed by atoms with van der Waals surface area (Å²) in [6.07, 6.45) is 4.73. The van der Waals surface area contributed by atoms with Gasteiger partial charge in [0.25, 0.3) is 0 Å². The number of halogens is 1. The Morgan fingerprint density at radius 2 is 1.83 bits per heavy atom. The molecule has 2 N–H and O–H groups in total. The summed E-state index contributed by atoms with van der Waals surface area (Å²) < 4.78 is 26.2. The fraction of sp³-hybridized carbons (Fsp3) is 0.933. The maximum Gasteiger partial charge on any atom is 0.215 e. The lowest BCUT2D eigenvalue weighted by Crippen LogP contribution is -2.44. The molecule has 0 aromatic rings. The fourth-order valence-corrected chi connectivity index (χ4v) is 4.81. The van der Waals surface area contributed by atoms with Crippen molar-refractivity contribution in [2.75, 3.05) is 50.0 Å². The predicted octanol–water partition coefficient (Wildman–Crippen LogP) is 2.12. The largest absolute Gasteiger partial charge is 0.357 e. The molecular weight excluding hydrogens is 459 g/mol. The van der Waals surface area contributed by atoms with Crippen molar-refractivity contribution in [3.63, 3.8) is 0 Å². The molecule has 0 bridgehead atoms. The van der Waals surface area contributed by atoms with Crippen LogP contribution in [0.4, 0.5) is 0 Å². The number of hydrogen-bond acceptors (Lipinski definition) is 4. The molecule has 0 aliphatic carbocycles. The van der Waals surface area contributed by atoms with E-state index in [2.05, 4.69) is 22.5 Å². The molecule has 1 saturated heterocycles. The summed E-state index contributed by atoms with van der Waals surface area (Å²) in [4.78, 5) is 4.50. The summed E-state index contributed by atoms with van der Waals surface area (Å²) in [5.74, 6) is 2.63. The van der Waals surface area contributed by atoms with Crippen molar-refractivity contribution in [1.29, 1.82) is 0 Å². The van der Waals surface area contributed by atoms with E-state index >= 15 is 0 Å². The average molecular weight is 492 g/mol. The number of aliphatic imine (C=N–C) groups is 1. The van der Waals surface area contributed by atoms with E-state index in [1.807, 2.05) is 18.7 Å². The zero-order chi connectivity index (χ0) is 17.0. The van der Waals surface area contributed by atoms with Crippen LogP contribution in [0.1, 0.15) is 39.5 Å². The second kappa shape index (κ2) is 14.4. The molecule has 0 saturated carbocycles. The normalized spacial score (nSPS) is 16.5. The van der Waals surface area contributed by atoms with Crippen LogP contribution < -0.4 is 10.6 Å². The second-order valence-corrected chi connectivity index (χ2v) is 8.89. The third-order valence-corrected chi connectivity index (χ3v) is 6.46. The Kier molecular flexibility index (Phi) is 14.6. The van der Waals surface area contributed by atoms with Crippen molar-refractivity contribution < 1.29 is 8.42 Å². The van der Waals surface area contributed by atoms with Gasteiger partial charge >= 0.3 is 0 Å². The highest BCUT2D eigenvalue weighted by Gasteiger charge is 2.23. The molecule has 9 heteroatoms. The predicted molar refractivity (Wildman–Crippen MR) is 116 cm³/mol. The van der Waals surface area contributed by atoms with Gasteiger partial charge in [-0.2, -0.15) is 11.8 Å². The molecule has 1 fully saturated rings. The smallest absolute Gasteiger partial charge is 0.215 e. The van der Waals surface area contributed by atoms with Crippen molar-refractivity contribution in [1.82, 2.24) is 14.9 Å². The standard InChI is InChI=1S/C15H32N4O2S2.HI/c1-3-5-6-7-8-17-15(16-4-2)18-9-14-23(20,21)19-10-12-22-13-11-19;/h3-14H2,1-2H3,(H2,16,17,18);1H. The van der Waals surface area contributed by atoms with Gasteiger partial charge in [-0.1, -0.05) is 26.2 Å². The summed E-state index contributed by atoms with van der Waals surface area (Å²) in [6.45, 7) is 7.43. The van der Waals surface area contributed by atoms with Crippen LogP contribution in [0.25, 0.3) is 0 Å². The van der Waals surface area contributed by atoms with Crippen LogP contribution in [-0.4, -0.2) is 68.7 Å². The molecule has 1 heterocycles. The summed E-state index contributed by atoms with van der Waals surface area (Å²) in [7, 11) is -3.15. The maximum atomic E-state index is 12.3. The van der Waals surface area contributed by atoms with Gasteiger partial charge < -0.3 is 10.6 Å². The first-order valence-electron chi connectivity index (χ1n) is 8.68. The van der Waals surface area contributed by atoms with Crippen LogP contribution in [0.15, 0.2) is 4.99 Å². The highest BCUT2D eigenvalue weighted by Crippen LogP contribution is 2.12. The van der Waals surface area contributed by atoms with Gasteiger partial charge in [-0.15, -0.1) is 24.0 Å². The molecule has 0 atom stereocenters. The molecule has 144 valence electrons. The molecule has 24 heavy (non-hydrogen) atoms. The lowest BCUT2D eigenvalue weighted by atomic mass is 10.2. The van der Waals surface area contributed by atoms with Crippen molar-refractivity contribution in [3.8, 4) is 0 Å². The van der Waals surface area contributed by atoms with Crippen molar-refractivity contribution in [2.24, 2.45) is 4.99 Å². The van der Waals surface area contributed by atoms with Crippen molar-refractivity contribution >= 4 is 51.7 Å². The van der Waals surface area contributed by atoms with Crippen LogP contribution in [0.5, 0.6) is 0 Å². The topological polar surface area (TPSA) is 73.8 Å². The van der Waals surface area contributed by atoms with Crippen LogP contribution in [0.3, 0.4) is 0 Å². The minimum Gasteiger partial charge on any atom is -0.357 e. The first kappa shape index (κ1) is 24.3. The Hall–Kier alpha value is 0.260. The lowest BCUT2D eigenvalue weighted by Gasteiger charge is -2.25. The van der Waals surface area contributed by atoms with Gasteiger partial charge in [0, 0.05) is 44.2 Å². The first-order chi connectivity index (χ1) is 11.1. The van der Waals surface area contributed by atoms with E-state index in [9.17, 15) is 8.42 Å². The van der Waals surface area contributed by atoms with Crippen molar-refractivity contribution in [2.45, 2.75) is 39.5 Å². The molecule has 0 spiro atoms. The van der Waals surface area contributed by atoms with E-state index in [1.165, 1.54) is 19.3 Å². The Labute approximate surface area is 169 Å². The highest BCUT2D eigenvalue weighted by molar-refractivity contribution is 14.0. The molecule has 1 aliphatic rings. The van der Waals surface area contributed by atoms with Gasteiger partial charge in [-0.25, -0.2) is 12.7 Å². The second-order valence-electron chi connectivity index (χ2n) is 5.58. The molecule has 0 aromatic carbocycles. The quantitative estimate of drug-likeness (QED) is 0.212. The van der Waals surface area contributed by atoms with E-state index < -0.39 is 10.0 Å². The average Bonchev–Trinajstić information content (AvgIpc) is 2.55. The van der Waals surface area contributed by atoms with E-state index in [0.717, 1.165) is 31.0 Å². The molecule has 0 unspecified atom stereocenters. The summed E-state index contributed by atoms with van der Waals surface area (Å²) in [6, 6.07) is 0. The van der Waals surface area contributed by atoms with Gasteiger partial charge in [0.15, 0.2) is 5.96 Å². The number of thioether (sulfide) groups is 1. The van der Waals surface area contributed by atoms with Gasteiger partial charge in [0.1, 0.15) is 0 Å². The van der Waals surface area contributed by atoms with Crippen LogP contribution in [-0.2, 0) is 10.0 Å². The zero-order valence-electron chi connectivity index (χ0n) is 14.9. The van der Waals surface area contributed by atoms with Gasteiger partial charge in [0.2, 0.25) is 10.0 Å². The van der Waals surface area contributed by atoms with E-state index in [0.29, 0.717) is 25.6 Å². The number of sulfonamides is 1. The maximum absolute atomic E-state index is 12.3. The third-order valence-electron chi connectivity index (χ3n) is 3.64. The number of rotatable bonds is 10. The van der Waals surface area contributed by atoms with Gasteiger partial charge in [0.05, 0.1) is 5.75 Å². The number of nitrogens with one attached hydrogen (secondary N) is 2. The fourth-order valence-electron chi connectivity index (χ4n) is 2.32. The molecule has 0 aromatic heterocycles. The van der Waals surface area contributed by atoms with Crippen molar-refractivity contribution in [3.05, 3.63) is 0 Å². The Bertz CT molecular complexity index is 441. The number of guanidine groups is 1. The minimum atomic E-state index is -3.15. The molecule has 6 nitrogen and oxygen atoms in total. The number of unbranched alkanes of at least 4 members (excludes halogenated alkanes) is 3. The Balaban J connectivity index is 0.00000529. The van der Waals surface area contributed by atoms with Gasteiger partial charge in [-0.05, 0) is 13.3 Å². The number of nitrogens with zero attached hydrogens (tertiary/aromatic N) is 2. The molecule has 1 aliphatic heterocycles. The molecule has 0 amide bonds.